The summed E-state index contributed by atoms with van der Waals surface area (Å²) in [6.07, 6.45) is 2.99. The monoisotopic (exact) mass is 261 g/mol. The molecule has 1 N–H and O–H groups in total. The van der Waals surface area contributed by atoms with Crippen LogP contribution in [0.15, 0.2) is 30.3 Å². The van der Waals surface area contributed by atoms with E-state index in [1.165, 1.54) is 12.0 Å². The summed E-state index contributed by atoms with van der Waals surface area (Å²) in [4.78, 5) is 24.5. The molecule has 0 radical (unpaired) electrons. The van der Waals surface area contributed by atoms with Crippen LogP contribution in [0.5, 0.6) is 0 Å². The predicted molar refractivity (Wildman–Crippen MR) is 70.9 cm³/mol. The molecule has 1 aromatic carbocycles. The third-order valence-electron chi connectivity index (χ3n) is 3.24. The van der Waals surface area contributed by atoms with Crippen LogP contribution in [0.2, 0.25) is 0 Å². The second kappa shape index (κ2) is 5.14. The summed E-state index contributed by atoms with van der Waals surface area (Å²) >= 11 is 0. The molecule has 0 spiro atoms. The highest BCUT2D eigenvalue weighted by Crippen LogP contribution is 2.32. The van der Waals surface area contributed by atoms with Gasteiger partial charge in [-0.3, -0.25) is 9.69 Å². The largest absolute Gasteiger partial charge is 0.481 e. The van der Waals surface area contributed by atoms with Crippen LogP contribution < -0.4 is 4.90 Å². The number of carbonyl (C=O) groups is 2. The molecule has 0 aromatic heterocycles. The second-order valence-corrected chi connectivity index (χ2v) is 4.38. The zero-order chi connectivity index (χ0) is 14.0. The zero-order valence-electron chi connectivity index (χ0n) is 10.7. The Morgan fingerprint density at radius 1 is 1.37 bits per heavy atom. The molecule has 0 unspecified atom stereocenters. The van der Waals surface area contributed by atoms with E-state index in [1.807, 2.05) is 18.2 Å². The van der Waals surface area contributed by atoms with E-state index >= 15 is 0 Å². The maximum atomic E-state index is 11.9. The van der Waals surface area contributed by atoms with Crippen molar-refractivity contribution in [1.29, 1.82) is 0 Å². The molecule has 2 atom stereocenters. The van der Waals surface area contributed by atoms with Crippen molar-refractivity contribution >= 4 is 23.8 Å². The van der Waals surface area contributed by atoms with Gasteiger partial charge in [0.2, 0.25) is 0 Å². The lowest BCUT2D eigenvalue weighted by atomic mass is 9.94. The first-order chi connectivity index (χ1) is 9.06. The van der Waals surface area contributed by atoms with E-state index in [4.69, 9.17) is 9.84 Å². The lowest BCUT2D eigenvalue weighted by Gasteiger charge is -2.34. The van der Waals surface area contributed by atoms with Crippen molar-refractivity contribution in [2.45, 2.75) is 13.0 Å². The van der Waals surface area contributed by atoms with Crippen LogP contribution in [0.25, 0.3) is 6.08 Å². The van der Waals surface area contributed by atoms with Crippen LogP contribution in [0.4, 0.5) is 10.5 Å². The number of carbonyl (C=O) groups excluding carboxylic acids is 1. The van der Waals surface area contributed by atoms with Gasteiger partial charge in [0.15, 0.2) is 0 Å². The Morgan fingerprint density at radius 3 is 2.68 bits per heavy atom. The van der Waals surface area contributed by atoms with E-state index in [-0.39, 0.29) is 0 Å². The Morgan fingerprint density at radius 2 is 2.05 bits per heavy atom. The summed E-state index contributed by atoms with van der Waals surface area (Å²) in [5, 5.41) is 9.14. The number of hydrogen-bond acceptors (Lipinski definition) is 3. The van der Waals surface area contributed by atoms with E-state index in [1.54, 1.807) is 25.1 Å². The summed E-state index contributed by atoms with van der Waals surface area (Å²) in [5.74, 6) is -1.67. The number of para-hydroxylation sites is 1. The summed E-state index contributed by atoms with van der Waals surface area (Å²) in [5.41, 5.74) is 1.52. The molecule has 19 heavy (non-hydrogen) atoms. The van der Waals surface area contributed by atoms with Gasteiger partial charge < -0.3 is 9.84 Å². The molecule has 0 fully saturated rings. The van der Waals surface area contributed by atoms with Crippen molar-refractivity contribution in [1.82, 2.24) is 0 Å². The molecule has 100 valence electrons. The SMILES string of the molecule is COC(=O)N1c2ccccc2C=C[C@H]1[C@H](C)C(=O)O. The first kappa shape index (κ1) is 13.1. The van der Waals surface area contributed by atoms with Crippen molar-refractivity contribution in [3.8, 4) is 0 Å². The smallest absolute Gasteiger partial charge is 0.414 e. The lowest BCUT2D eigenvalue weighted by Crippen LogP contribution is -2.46. The van der Waals surface area contributed by atoms with Gasteiger partial charge in [-0.05, 0) is 18.6 Å². The number of fused-ring (bicyclic) bond motifs is 1. The molecule has 1 aliphatic heterocycles. The van der Waals surface area contributed by atoms with Gasteiger partial charge in [-0.15, -0.1) is 0 Å². The number of hydrogen-bond donors (Lipinski definition) is 1. The Balaban J connectivity index is 2.47. The standard InChI is InChI=1S/C14H15NO4/c1-9(13(16)17)11-8-7-10-5-3-4-6-12(10)15(11)14(18)19-2/h3-9,11H,1-2H3,(H,16,17)/t9-,11-/m0/s1. The Hall–Kier alpha value is -2.30. The summed E-state index contributed by atoms with van der Waals surface area (Å²) in [6.45, 7) is 1.57. The van der Waals surface area contributed by atoms with Crippen molar-refractivity contribution in [3.63, 3.8) is 0 Å². The van der Waals surface area contributed by atoms with Crippen LogP contribution in [0.1, 0.15) is 12.5 Å². The maximum absolute atomic E-state index is 11.9. The predicted octanol–water partition coefficient (Wildman–Crippen LogP) is 2.38. The van der Waals surface area contributed by atoms with Gasteiger partial charge in [-0.25, -0.2) is 4.79 Å². The molecule has 0 saturated heterocycles. The third kappa shape index (κ3) is 2.31. The van der Waals surface area contributed by atoms with Gasteiger partial charge >= 0.3 is 12.1 Å². The average Bonchev–Trinajstić information content (AvgIpc) is 2.44. The molecule has 1 aliphatic rings. The van der Waals surface area contributed by atoms with Gasteiger partial charge in [-0.1, -0.05) is 30.4 Å². The summed E-state index contributed by atoms with van der Waals surface area (Å²) in [7, 11) is 1.28. The molecular weight excluding hydrogens is 246 g/mol. The van der Waals surface area contributed by atoms with Gasteiger partial charge in [-0.2, -0.15) is 0 Å². The molecule has 0 saturated carbocycles. The first-order valence-corrected chi connectivity index (χ1v) is 5.93. The molecule has 0 bridgehead atoms. The zero-order valence-corrected chi connectivity index (χ0v) is 10.7. The first-order valence-electron chi connectivity index (χ1n) is 5.93. The highest BCUT2D eigenvalue weighted by molar-refractivity contribution is 5.94. The van der Waals surface area contributed by atoms with Crippen LogP contribution in [-0.4, -0.2) is 30.3 Å². The molecule has 1 heterocycles. The number of rotatable bonds is 2. The fourth-order valence-corrected chi connectivity index (χ4v) is 2.15. The number of methoxy groups -OCH3 is 1. The van der Waals surface area contributed by atoms with Gasteiger partial charge in [0.1, 0.15) is 0 Å². The minimum absolute atomic E-state index is 0.556. The Labute approximate surface area is 111 Å². The Kier molecular flexibility index (Phi) is 3.55. The van der Waals surface area contributed by atoms with E-state index < -0.39 is 24.0 Å². The van der Waals surface area contributed by atoms with Crippen molar-refractivity contribution in [3.05, 3.63) is 35.9 Å². The second-order valence-electron chi connectivity index (χ2n) is 4.38. The van der Waals surface area contributed by atoms with Gasteiger partial charge in [0.05, 0.1) is 24.8 Å². The normalized spacial score (nSPS) is 18.6. The topological polar surface area (TPSA) is 66.8 Å². The fraction of sp³-hybridized carbons (Fsp3) is 0.286. The molecule has 5 nitrogen and oxygen atoms in total. The number of anilines is 1. The van der Waals surface area contributed by atoms with Crippen LogP contribution in [-0.2, 0) is 9.53 Å². The number of amides is 1. The number of ether oxygens (including phenoxy) is 1. The lowest BCUT2D eigenvalue weighted by molar-refractivity contribution is -0.141. The van der Waals surface area contributed by atoms with E-state index in [0.29, 0.717) is 5.69 Å². The molecular formula is C14H15NO4. The quantitative estimate of drug-likeness (QED) is 0.887. The number of carboxylic acid groups (broad SMARTS) is 1. The van der Waals surface area contributed by atoms with Crippen LogP contribution >= 0.6 is 0 Å². The highest BCUT2D eigenvalue weighted by Gasteiger charge is 2.35. The van der Waals surface area contributed by atoms with Gasteiger partial charge in [0, 0.05) is 0 Å². The average molecular weight is 261 g/mol. The van der Waals surface area contributed by atoms with E-state index in [0.717, 1.165) is 5.56 Å². The molecule has 1 aromatic rings. The molecule has 0 aliphatic carbocycles. The molecule has 5 heteroatoms. The van der Waals surface area contributed by atoms with Gasteiger partial charge in [0.25, 0.3) is 0 Å². The molecule has 1 amide bonds. The van der Waals surface area contributed by atoms with Crippen LogP contribution in [0, 0.1) is 5.92 Å². The van der Waals surface area contributed by atoms with Crippen molar-refractivity contribution < 1.29 is 19.4 Å². The number of benzene rings is 1. The van der Waals surface area contributed by atoms with Crippen molar-refractivity contribution in [2.24, 2.45) is 5.92 Å². The van der Waals surface area contributed by atoms with Crippen molar-refractivity contribution in [2.75, 3.05) is 12.0 Å². The van der Waals surface area contributed by atoms with Crippen LogP contribution in [0.3, 0.4) is 0 Å². The summed E-state index contributed by atoms with van der Waals surface area (Å²) < 4.78 is 4.77. The molecule has 2 rings (SSSR count). The summed E-state index contributed by atoms with van der Waals surface area (Å²) in [6, 6.07) is 6.75. The van der Waals surface area contributed by atoms with E-state index in [9.17, 15) is 9.59 Å². The number of carboxylic acids is 1. The number of aliphatic carboxylic acids is 1. The minimum atomic E-state index is -0.956. The Bertz CT molecular complexity index is 538. The maximum Gasteiger partial charge on any atom is 0.414 e. The highest BCUT2D eigenvalue weighted by atomic mass is 16.5. The fourth-order valence-electron chi connectivity index (χ4n) is 2.15. The minimum Gasteiger partial charge on any atom is -0.481 e. The third-order valence-corrected chi connectivity index (χ3v) is 3.24. The van der Waals surface area contributed by atoms with E-state index in [2.05, 4.69) is 0 Å². The number of nitrogens with zero attached hydrogens (tertiary/aromatic N) is 1.